The monoisotopic (exact) mass is 248 g/mol. The van der Waals surface area contributed by atoms with Crippen molar-refractivity contribution in [3.8, 4) is 10.6 Å². The Labute approximate surface area is 104 Å². The first-order valence-electron chi connectivity index (χ1n) is 4.95. The minimum Gasteiger partial charge on any atom is -0.379 e. The zero-order valence-electron chi connectivity index (χ0n) is 9.15. The van der Waals surface area contributed by atoms with Crippen molar-refractivity contribution in [1.82, 2.24) is 10.3 Å². The first-order chi connectivity index (χ1) is 7.70. The Bertz CT molecular complexity index is 500. The molecule has 0 bridgehead atoms. The summed E-state index contributed by atoms with van der Waals surface area (Å²) in [5, 5.41) is 6.08. The normalized spacial score (nSPS) is 10.1. The molecule has 0 spiro atoms. The number of hydrogen-bond donors (Lipinski definition) is 1. The molecule has 0 atom stereocenters. The van der Waals surface area contributed by atoms with Crippen molar-refractivity contribution in [1.29, 1.82) is 0 Å². The average Bonchev–Trinajstić information content (AvgIpc) is 2.75. The van der Waals surface area contributed by atoms with Gasteiger partial charge in [0, 0.05) is 29.2 Å². The zero-order chi connectivity index (χ0) is 11.5. The predicted octanol–water partition coefficient (Wildman–Crippen LogP) is 3.01. The van der Waals surface area contributed by atoms with Crippen LogP contribution in [0.4, 0.5) is 0 Å². The SMILES string of the molecule is CNC(=S)c1ccc(-c2nc(C)cs2)cc1. The summed E-state index contributed by atoms with van der Waals surface area (Å²) in [6.45, 7) is 2.00. The van der Waals surface area contributed by atoms with E-state index in [1.54, 1.807) is 11.3 Å². The molecule has 0 unspecified atom stereocenters. The van der Waals surface area contributed by atoms with Gasteiger partial charge in [0.25, 0.3) is 0 Å². The first kappa shape index (κ1) is 11.2. The second-order valence-corrected chi connectivity index (χ2v) is 4.72. The summed E-state index contributed by atoms with van der Waals surface area (Å²) in [4.78, 5) is 5.21. The van der Waals surface area contributed by atoms with Crippen LogP contribution in [0.25, 0.3) is 10.6 Å². The summed E-state index contributed by atoms with van der Waals surface area (Å²) in [6.07, 6.45) is 0. The van der Waals surface area contributed by atoms with Gasteiger partial charge in [0.05, 0.1) is 0 Å². The lowest BCUT2D eigenvalue weighted by Crippen LogP contribution is -2.16. The lowest BCUT2D eigenvalue weighted by Gasteiger charge is -2.03. The third kappa shape index (κ3) is 2.28. The molecule has 1 aromatic carbocycles. The van der Waals surface area contributed by atoms with Crippen LogP contribution >= 0.6 is 23.6 Å². The van der Waals surface area contributed by atoms with Gasteiger partial charge in [0.1, 0.15) is 10.00 Å². The Balaban J connectivity index is 2.29. The van der Waals surface area contributed by atoms with Crippen LogP contribution in [0, 0.1) is 6.92 Å². The van der Waals surface area contributed by atoms with E-state index in [1.807, 2.05) is 26.1 Å². The van der Waals surface area contributed by atoms with Crippen LogP contribution < -0.4 is 5.32 Å². The Morgan fingerprint density at radius 3 is 2.50 bits per heavy atom. The molecule has 0 fully saturated rings. The highest BCUT2D eigenvalue weighted by atomic mass is 32.1. The maximum Gasteiger partial charge on any atom is 0.123 e. The van der Waals surface area contributed by atoms with Gasteiger partial charge in [-0.3, -0.25) is 0 Å². The van der Waals surface area contributed by atoms with Crippen molar-refractivity contribution in [3.05, 3.63) is 40.9 Å². The zero-order valence-corrected chi connectivity index (χ0v) is 10.8. The van der Waals surface area contributed by atoms with Crippen LogP contribution in [0.5, 0.6) is 0 Å². The third-order valence-electron chi connectivity index (χ3n) is 2.24. The fourth-order valence-corrected chi connectivity index (χ4v) is 2.33. The molecular weight excluding hydrogens is 236 g/mol. The Kier molecular flexibility index (Phi) is 3.31. The molecule has 82 valence electrons. The standard InChI is InChI=1S/C12H12N2S2/c1-8-7-16-12(14-8)10-5-3-9(4-6-10)11(15)13-2/h3-7H,1-2H3,(H,13,15). The Morgan fingerprint density at radius 1 is 1.31 bits per heavy atom. The minimum atomic E-state index is 0.766. The topological polar surface area (TPSA) is 24.9 Å². The van der Waals surface area contributed by atoms with Gasteiger partial charge in [-0.1, -0.05) is 36.5 Å². The van der Waals surface area contributed by atoms with E-state index in [4.69, 9.17) is 12.2 Å². The van der Waals surface area contributed by atoms with Gasteiger partial charge in [-0.05, 0) is 6.92 Å². The molecule has 0 aliphatic carbocycles. The molecule has 2 aromatic rings. The van der Waals surface area contributed by atoms with Crippen molar-refractivity contribution in [2.24, 2.45) is 0 Å². The maximum atomic E-state index is 5.16. The van der Waals surface area contributed by atoms with Crippen LogP contribution in [0.2, 0.25) is 0 Å². The second-order valence-electron chi connectivity index (χ2n) is 3.45. The van der Waals surface area contributed by atoms with Crippen molar-refractivity contribution in [2.45, 2.75) is 6.92 Å². The van der Waals surface area contributed by atoms with E-state index in [9.17, 15) is 0 Å². The molecule has 0 amide bonds. The molecule has 0 saturated carbocycles. The summed E-state index contributed by atoms with van der Waals surface area (Å²) in [5.41, 5.74) is 3.24. The summed E-state index contributed by atoms with van der Waals surface area (Å²) >= 11 is 6.82. The largest absolute Gasteiger partial charge is 0.379 e. The van der Waals surface area contributed by atoms with Gasteiger partial charge in [-0.2, -0.15) is 0 Å². The third-order valence-corrected chi connectivity index (χ3v) is 3.69. The molecule has 16 heavy (non-hydrogen) atoms. The number of aryl methyl sites for hydroxylation is 1. The number of nitrogens with one attached hydrogen (secondary N) is 1. The van der Waals surface area contributed by atoms with Crippen molar-refractivity contribution < 1.29 is 0 Å². The molecule has 1 N–H and O–H groups in total. The molecule has 1 heterocycles. The number of thiocarbonyl (C=S) groups is 1. The molecule has 2 nitrogen and oxygen atoms in total. The molecule has 2 rings (SSSR count). The lowest BCUT2D eigenvalue weighted by molar-refractivity contribution is 1.20. The van der Waals surface area contributed by atoms with Crippen molar-refractivity contribution in [3.63, 3.8) is 0 Å². The highest BCUT2D eigenvalue weighted by Gasteiger charge is 2.03. The van der Waals surface area contributed by atoms with E-state index in [0.29, 0.717) is 0 Å². The van der Waals surface area contributed by atoms with E-state index >= 15 is 0 Å². The van der Waals surface area contributed by atoms with Gasteiger partial charge < -0.3 is 5.32 Å². The van der Waals surface area contributed by atoms with Crippen LogP contribution in [-0.4, -0.2) is 17.0 Å². The van der Waals surface area contributed by atoms with Gasteiger partial charge >= 0.3 is 0 Å². The average molecular weight is 248 g/mol. The van der Waals surface area contributed by atoms with Gasteiger partial charge in [0.15, 0.2) is 0 Å². The summed E-state index contributed by atoms with van der Waals surface area (Å²) in [6, 6.07) is 8.14. The van der Waals surface area contributed by atoms with Crippen molar-refractivity contribution in [2.75, 3.05) is 7.05 Å². The van der Waals surface area contributed by atoms with Crippen LogP contribution in [0.1, 0.15) is 11.3 Å². The summed E-state index contributed by atoms with van der Waals surface area (Å²) in [5.74, 6) is 0. The van der Waals surface area contributed by atoms with E-state index in [1.165, 1.54) is 0 Å². The van der Waals surface area contributed by atoms with E-state index in [0.717, 1.165) is 26.8 Å². The lowest BCUT2D eigenvalue weighted by atomic mass is 10.1. The number of thiazole rings is 1. The fraction of sp³-hybridized carbons (Fsp3) is 0.167. The highest BCUT2D eigenvalue weighted by molar-refractivity contribution is 7.80. The van der Waals surface area contributed by atoms with Crippen molar-refractivity contribution >= 4 is 28.5 Å². The first-order valence-corrected chi connectivity index (χ1v) is 6.24. The highest BCUT2D eigenvalue weighted by Crippen LogP contribution is 2.23. The molecule has 0 aliphatic heterocycles. The molecule has 1 aromatic heterocycles. The van der Waals surface area contributed by atoms with Gasteiger partial charge in [-0.15, -0.1) is 11.3 Å². The van der Waals surface area contributed by atoms with E-state index in [2.05, 4.69) is 27.8 Å². The Morgan fingerprint density at radius 2 is 2.00 bits per heavy atom. The van der Waals surface area contributed by atoms with E-state index in [-0.39, 0.29) is 0 Å². The summed E-state index contributed by atoms with van der Waals surface area (Å²) < 4.78 is 0. The van der Waals surface area contributed by atoms with Crippen LogP contribution in [0.15, 0.2) is 29.6 Å². The van der Waals surface area contributed by atoms with Crippen LogP contribution in [-0.2, 0) is 0 Å². The number of nitrogens with zero attached hydrogens (tertiary/aromatic N) is 1. The number of benzene rings is 1. The molecule has 0 aliphatic rings. The smallest absolute Gasteiger partial charge is 0.123 e. The van der Waals surface area contributed by atoms with Crippen LogP contribution in [0.3, 0.4) is 0 Å². The number of aromatic nitrogens is 1. The van der Waals surface area contributed by atoms with Gasteiger partial charge in [-0.25, -0.2) is 4.98 Å². The molecular formula is C12H12N2S2. The maximum absolute atomic E-state index is 5.16. The minimum absolute atomic E-state index is 0.766. The Hall–Kier alpha value is -1.26. The molecule has 4 heteroatoms. The number of rotatable bonds is 2. The number of hydrogen-bond acceptors (Lipinski definition) is 3. The molecule has 0 radical (unpaired) electrons. The molecule has 0 saturated heterocycles. The van der Waals surface area contributed by atoms with E-state index < -0.39 is 0 Å². The predicted molar refractivity (Wildman–Crippen MR) is 73.0 cm³/mol. The van der Waals surface area contributed by atoms with Gasteiger partial charge in [0.2, 0.25) is 0 Å². The quantitative estimate of drug-likeness (QED) is 0.827. The second kappa shape index (κ2) is 4.72. The summed E-state index contributed by atoms with van der Waals surface area (Å²) in [7, 11) is 1.83. The fourth-order valence-electron chi connectivity index (χ4n) is 1.40.